The van der Waals surface area contributed by atoms with E-state index in [1.807, 2.05) is 42.8 Å². The van der Waals surface area contributed by atoms with Crippen LogP contribution in [0.4, 0.5) is 11.6 Å². The van der Waals surface area contributed by atoms with Crippen LogP contribution in [0.25, 0.3) is 11.2 Å². The first-order valence-electron chi connectivity index (χ1n) is 9.29. The van der Waals surface area contributed by atoms with Crippen molar-refractivity contribution in [2.24, 2.45) is 10.7 Å². The van der Waals surface area contributed by atoms with E-state index in [0.29, 0.717) is 36.1 Å². The quantitative estimate of drug-likeness (QED) is 0.500. The van der Waals surface area contributed by atoms with Crippen LogP contribution in [0.5, 0.6) is 0 Å². The molecule has 3 heterocycles. The number of fused-ring (bicyclic) bond motifs is 1. The Hall–Kier alpha value is -3.46. The number of anilines is 2. The second-order valence-corrected chi connectivity index (χ2v) is 6.73. The summed E-state index contributed by atoms with van der Waals surface area (Å²) in [6, 6.07) is 3.97. The lowest BCUT2D eigenvalue weighted by atomic mass is 10.2. The van der Waals surface area contributed by atoms with E-state index in [1.54, 1.807) is 19.5 Å². The van der Waals surface area contributed by atoms with Gasteiger partial charge >= 0.3 is 0 Å². The molecule has 0 spiro atoms. The van der Waals surface area contributed by atoms with E-state index >= 15 is 0 Å². The van der Waals surface area contributed by atoms with Crippen LogP contribution in [0.3, 0.4) is 0 Å². The van der Waals surface area contributed by atoms with Crippen molar-refractivity contribution in [2.75, 3.05) is 18.1 Å². The van der Waals surface area contributed by atoms with Crippen molar-refractivity contribution in [1.82, 2.24) is 19.4 Å². The van der Waals surface area contributed by atoms with Crippen LogP contribution in [0.1, 0.15) is 30.8 Å². The second-order valence-electron chi connectivity index (χ2n) is 6.73. The molecule has 0 bridgehead atoms. The number of pyridine rings is 1. The predicted molar refractivity (Wildman–Crippen MR) is 115 cm³/mol. The Morgan fingerprint density at radius 2 is 2.14 bits per heavy atom. The van der Waals surface area contributed by atoms with Gasteiger partial charge in [0.25, 0.3) is 0 Å². The highest BCUT2D eigenvalue weighted by Crippen LogP contribution is 2.18. The number of nitrogens with two attached hydrogens (primary N) is 2. The predicted octanol–water partition coefficient (Wildman–Crippen LogP) is 2.24. The topological polar surface area (TPSA) is 129 Å². The first-order valence-corrected chi connectivity index (χ1v) is 9.29. The summed E-state index contributed by atoms with van der Waals surface area (Å²) < 4.78 is 7.73. The number of nitrogen functional groups attached to an aromatic ring is 1. The fourth-order valence-electron chi connectivity index (χ4n) is 2.73. The summed E-state index contributed by atoms with van der Waals surface area (Å²) >= 11 is 0. The maximum Gasteiger partial charge on any atom is 0.169 e. The van der Waals surface area contributed by atoms with E-state index in [1.165, 1.54) is 6.20 Å². The first-order chi connectivity index (χ1) is 14.0. The zero-order chi connectivity index (χ0) is 20.8. The molecule has 0 amide bonds. The molecule has 0 fully saturated rings. The van der Waals surface area contributed by atoms with Gasteiger partial charge in [-0.15, -0.1) is 0 Å². The molecule has 0 aliphatic heterocycles. The van der Waals surface area contributed by atoms with E-state index in [0.717, 1.165) is 16.9 Å². The fourth-order valence-corrected chi connectivity index (χ4v) is 2.73. The Kier molecular flexibility index (Phi) is 6.40. The number of aliphatic imine (C=N–C) groups is 1. The summed E-state index contributed by atoms with van der Waals surface area (Å²) in [6.07, 6.45) is 8.64. The van der Waals surface area contributed by atoms with Crippen LogP contribution >= 0.6 is 0 Å². The van der Waals surface area contributed by atoms with Gasteiger partial charge in [0, 0.05) is 37.8 Å². The molecule has 0 radical (unpaired) electrons. The van der Waals surface area contributed by atoms with E-state index in [-0.39, 0.29) is 6.10 Å². The molecule has 0 unspecified atom stereocenters. The van der Waals surface area contributed by atoms with Gasteiger partial charge in [-0.3, -0.25) is 4.99 Å². The van der Waals surface area contributed by atoms with Crippen molar-refractivity contribution in [3.05, 3.63) is 53.9 Å². The van der Waals surface area contributed by atoms with Gasteiger partial charge in [-0.25, -0.2) is 15.0 Å². The number of imidazole rings is 1. The highest BCUT2D eigenvalue weighted by Gasteiger charge is 2.09. The minimum Gasteiger partial charge on any atom is -0.404 e. The van der Waals surface area contributed by atoms with Crippen molar-refractivity contribution in [2.45, 2.75) is 33.1 Å². The van der Waals surface area contributed by atoms with Gasteiger partial charge in [0.05, 0.1) is 36.5 Å². The van der Waals surface area contributed by atoms with Gasteiger partial charge in [-0.05, 0) is 25.5 Å². The molecule has 0 aliphatic carbocycles. The monoisotopic (exact) mass is 394 g/mol. The Bertz CT molecular complexity index is 1040. The molecule has 29 heavy (non-hydrogen) atoms. The molecule has 3 aromatic heterocycles. The van der Waals surface area contributed by atoms with Crippen molar-refractivity contribution in [3.63, 3.8) is 0 Å². The molecule has 9 nitrogen and oxygen atoms in total. The Balaban J connectivity index is 1.79. The highest BCUT2D eigenvalue weighted by atomic mass is 16.5. The van der Waals surface area contributed by atoms with Crippen molar-refractivity contribution in [3.8, 4) is 0 Å². The van der Waals surface area contributed by atoms with Gasteiger partial charge < -0.3 is 25.9 Å². The third-order valence-corrected chi connectivity index (χ3v) is 4.21. The highest BCUT2D eigenvalue weighted by molar-refractivity contribution is 6.08. The van der Waals surface area contributed by atoms with Crippen LogP contribution < -0.4 is 16.8 Å². The Labute approximate surface area is 169 Å². The number of allylic oxidation sites excluding steroid dienone is 1. The third kappa shape index (κ3) is 4.88. The molecule has 0 saturated carbocycles. The molecule has 0 aliphatic rings. The summed E-state index contributed by atoms with van der Waals surface area (Å²) in [7, 11) is 1.67. The number of ether oxygens (including phenoxy) is 1. The molecule has 3 aromatic rings. The average molecular weight is 394 g/mol. The number of hydrogen-bond donors (Lipinski definition) is 3. The summed E-state index contributed by atoms with van der Waals surface area (Å²) in [5.41, 5.74) is 15.8. The van der Waals surface area contributed by atoms with E-state index < -0.39 is 0 Å². The normalized spacial score (nSPS) is 12.3. The maximum atomic E-state index is 5.98. The number of nitrogens with one attached hydrogen (secondary N) is 1. The molecule has 9 heteroatoms. The lowest BCUT2D eigenvalue weighted by molar-refractivity contribution is 0.0632. The number of rotatable bonds is 8. The van der Waals surface area contributed by atoms with E-state index in [9.17, 15) is 0 Å². The molecule has 152 valence electrons. The minimum absolute atomic E-state index is 0.157. The number of hydrogen-bond acceptors (Lipinski definition) is 8. The Morgan fingerprint density at radius 3 is 2.86 bits per heavy atom. The lowest BCUT2D eigenvalue weighted by Gasteiger charge is -2.11. The summed E-state index contributed by atoms with van der Waals surface area (Å²) in [5, 5.41) is 3.24. The maximum absolute atomic E-state index is 5.98. The van der Waals surface area contributed by atoms with E-state index in [2.05, 4.69) is 25.3 Å². The van der Waals surface area contributed by atoms with Crippen LogP contribution in [0.15, 0.2) is 41.9 Å². The van der Waals surface area contributed by atoms with Gasteiger partial charge in [0.2, 0.25) is 0 Å². The molecule has 0 aromatic carbocycles. The minimum atomic E-state index is 0.157. The van der Waals surface area contributed by atoms with Crippen molar-refractivity contribution < 1.29 is 4.74 Å². The number of nitrogens with zero attached hydrogens (tertiary/aromatic N) is 5. The first kappa shape index (κ1) is 20.3. The van der Waals surface area contributed by atoms with Crippen LogP contribution in [0, 0.1) is 0 Å². The molecular formula is C20H26N8O. The van der Waals surface area contributed by atoms with Gasteiger partial charge in [0.15, 0.2) is 11.6 Å². The van der Waals surface area contributed by atoms with Gasteiger partial charge in [0.1, 0.15) is 5.65 Å². The standard InChI is InChI=1S/C20H26N8O/c1-13(2)29-12-16-9-24-18-5-4-14(11-28(16)18)7-26-20-19(22)25-10-17(27-20)15(6-21)8-23-3/h4-6,8-11,13H,7,12,21H2,1-3H3,(H2,22,25)(H,26,27). The third-order valence-electron chi connectivity index (χ3n) is 4.21. The van der Waals surface area contributed by atoms with Crippen LogP contribution in [-0.2, 0) is 17.9 Å². The fraction of sp³-hybridized carbons (Fsp3) is 0.300. The van der Waals surface area contributed by atoms with Crippen molar-refractivity contribution in [1.29, 1.82) is 0 Å². The number of aromatic nitrogens is 4. The largest absolute Gasteiger partial charge is 0.404 e. The molecular weight excluding hydrogens is 368 g/mol. The van der Waals surface area contributed by atoms with Gasteiger partial charge in [-0.2, -0.15) is 0 Å². The summed E-state index contributed by atoms with van der Waals surface area (Å²) in [4.78, 5) is 17.1. The van der Waals surface area contributed by atoms with Crippen molar-refractivity contribution >= 4 is 29.1 Å². The Morgan fingerprint density at radius 1 is 1.31 bits per heavy atom. The molecule has 0 saturated heterocycles. The average Bonchev–Trinajstić information content (AvgIpc) is 3.12. The summed E-state index contributed by atoms with van der Waals surface area (Å²) in [6.45, 7) is 5.04. The SMILES string of the molecule is CN=CC(=CN)c1cnc(N)c(NCc2ccc3ncc(COC(C)C)n3c2)n1. The summed E-state index contributed by atoms with van der Waals surface area (Å²) in [5.74, 6) is 0.800. The van der Waals surface area contributed by atoms with E-state index in [4.69, 9.17) is 16.2 Å². The smallest absolute Gasteiger partial charge is 0.169 e. The van der Waals surface area contributed by atoms with Gasteiger partial charge in [-0.1, -0.05) is 6.07 Å². The van der Waals surface area contributed by atoms with Crippen LogP contribution in [-0.4, -0.2) is 38.7 Å². The second kappa shape index (κ2) is 9.16. The lowest BCUT2D eigenvalue weighted by Crippen LogP contribution is -2.09. The van der Waals surface area contributed by atoms with Crippen LogP contribution in [0.2, 0.25) is 0 Å². The molecule has 3 rings (SSSR count). The zero-order valence-corrected chi connectivity index (χ0v) is 16.8. The molecule has 5 N–H and O–H groups in total. The zero-order valence-electron chi connectivity index (χ0n) is 16.8. The molecule has 0 atom stereocenters.